The number of amides is 2. The van der Waals surface area contributed by atoms with Gasteiger partial charge < -0.3 is 30.3 Å². The van der Waals surface area contributed by atoms with Crippen LogP contribution in [0.1, 0.15) is 90.9 Å². The van der Waals surface area contributed by atoms with Gasteiger partial charge in [-0.15, -0.1) is 0 Å². The molecule has 0 aromatic rings. The van der Waals surface area contributed by atoms with Crippen LogP contribution in [0.2, 0.25) is 0 Å². The molecule has 0 unspecified atom stereocenters. The fourth-order valence-corrected chi connectivity index (χ4v) is 3.08. The second-order valence-corrected chi connectivity index (χ2v) is 8.26. The molecule has 0 radical (unpaired) electrons. The molecular formula is C26H40N2O8. The van der Waals surface area contributed by atoms with Crippen LogP contribution in [0.5, 0.6) is 0 Å². The van der Waals surface area contributed by atoms with Crippen molar-refractivity contribution in [2.24, 2.45) is 0 Å². The first-order valence-electron chi connectivity index (χ1n) is 12.5. The van der Waals surface area contributed by atoms with Gasteiger partial charge in [-0.3, -0.25) is 4.79 Å². The van der Waals surface area contributed by atoms with Crippen molar-refractivity contribution >= 4 is 24.1 Å². The highest BCUT2D eigenvalue weighted by molar-refractivity contribution is 5.84. The summed E-state index contributed by atoms with van der Waals surface area (Å²) in [4.78, 5) is 45.5. The molecule has 0 spiro atoms. The number of carboxylic acid groups (broad SMARTS) is 2. The van der Waals surface area contributed by atoms with Gasteiger partial charge in [0, 0.05) is 12.8 Å². The smallest absolute Gasteiger partial charge is 0.408 e. The number of ether oxygens (including phenoxy) is 2. The molecule has 2 amide bonds. The van der Waals surface area contributed by atoms with Crippen LogP contribution in [0.25, 0.3) is 0 Å². The quantitative estimate of drug-likeness (QED) is 0.160. The molecule has 0 aromatic carbocycles. The molecule has 4 N–H and O–H groups in total. The molecule has 0 aromatic heterocycles. The monoisotopic (exact) mass is 508 g/mol. The lowest BCUT2D eigenvalue weighted by molar-refractivity contribution is -0.145. The molecule has 0 saturated carbocycles. The van der Waals surface area contributed by atoms with Crippen molar-refractivity contribution in [1.82, 2.24) is 10.6 Å². The average Bonchev–Trinajstić information content (AvgIpc) is 2.84. The summed E-state index contributed by atoms with van der Waals surface area (Å²) in [6.07, 6.45) is 6.28. The second kappa shape index (κ2) is 20.9. The van der Waals surface area contributed by atoms with Gasteiger partial charge in [-0.05, 0) is 50.4 Å². The Labute approximate surface area is 213 Å². The van der Waals surface area contributed by atoms with Crippen molar-refractivity contribution in [3.63, 3.8) is 0 Å². The minimum atomic E-state index is -1.28. The lowest BCUT2D eigenvalue weighted by Crippen LogP contribution is -2.54. The van der Waals surface area contributed by atoms with E-state index in [2.05, 4.69) is 34.3 Å². The molecule has 0 aliphatic heterocycles. The third-order valence-corrected chi connectivity index (χ3v) is 5.15. The zero-order valence-electron chi connectivity index (χ0n) is 21.5. The summed E-state index contributed by atoms with van der Waals surface area (Å²) in [5.41, 5.74) is -1.28. The molecule has 0 fully saturated rings. The van der Waals surface area contributed by atoms with Gasteiger partial charge in [0.2, 0.25) is 0 Å². The van der Waals surface area contributed by atoms with Crippen LogP contribution in [0.3, 0.4) is 0 Å². The van der Waals surface area contributed by atoms with Gasteiger partial charge >= 0.3 is 24.1 Å². The van der Waals surface area contributed by atoms with E-state index >= 15 is 0 Å². The second-order valence-electron chi connectivity index (χ2n) is 8.26. The largest absolute Gasteiger partial charge is 0.480 e. The van der Waals surface area contributed by atoms with E-state index < -0.39 is 36.2 Å². The molecule has 0 aliphatic rings. The number of carboxylic acids is 2. The molecule has 0 aliphatic carbocycles. The number of unbranched alkanes of at least 4 members (excludes halogenated alkanes) is 6. The molecule has 0 saturated heterocycles. The highest BCUT2D eigenvalue weighted by Crippen LogP contribution is 2.22. The highest BCUT2D eigenvalue weighted by atomic mass is 16.6. The van der Waals surface area contributed by atoms with E-state index in [1.165, 1.54) is 0 Å². The van der Waals surface area contributed by atoms with Crippen LogP contribution in [0.15, 0.2) is 0 Å². The van der Waals surface area contributed by atoms with Crippen molar-refractivity contribution in [2.45, 2.75) is 96.4 Å². The Morgan fingerprint density at radius 3 is 1.69 bits per heavy atom. The molecule has 36 heavy (non-hydrogen) atoms. The maximum atomic E-state index is 12.2. The normalized spacial score (nSPS) is 10.2. The third kappa shape index (κ3) is 17.1. The highest BCUT2D eigenvalue weighted by Gasteiger charge is 2.39. The number of aliphatic carboxylic acids is 2. The lowest BCUT2D eigenvalue weighted by Gasteiger charge is -2.30. The first-order chi connectivity index (χ1) is 17.3. The summed E-state index contributed by atoms with van der Waals surface area (Å²) in [5.74, 6) is 9.19. The summed E-state index contributed by atoms with van der Waals surface area (Å²) in [6.45, 7) is 3.86. The van der Waals surface area contributed by atoms with E-state index in [1.54, 1.807) is 0 Å². The minimum absolute atomic E-state index is 0.187. The Kier molecular flexibility index (Phi) is 19.0. The Hall–Kier alpha value is -3.40. The Bertz CT molecular complexity index is 796. The van der Waals surface area contributed by atoms with E-state index in [0.29, 0.717) is 51.4 Å². The first kappa shape index (κ1) is 32.6. The number of carbonyl (C=O) groups excluding carboxylic acids is 2. The van der Waals surface area contributed by atoms with Crippen LogP contribution in [-0.4, -0.2) is 59.6 Å². The van der Waals surface area contributed by atoms with Gasteiger partial charge in [0.25, 0.3) is 0 Å². The molecule has 0 heterocycles. The third-order valence-electron chi connectivity index (χ3n) is 5.15. The zero-order chi connectivity index (χ0) is 27.1. The van der Waals surface area contributed by atoms with Gasteiger partial charge in [0.05, 0.1) is 13.2 Å². The lowest BCUT2D eigenvalue weighted by atomic mass is 9.87. The van der Waals surface area contributed by atoms with E-state index in [4.69, 9.17) is 14.6 Å². The summed E-state index contributed by atoms with van der Waals surface area (Å²) in [6, 6.07) is 0. The van der Waals surface area contributed by atoms with Crippen LogP contribution in [-0.2, 0) is 19.1 Å². The summed E-state index contributed by atoms with van der Waals surface area (Å²) in [5, 5.41) is 22.9. The number of nitrogens with one attached hydrogen (secondary N) is 2. The SMILES string of the molecule is CCCCC(CCCC)(NC(=O)OCCCCC#CC#CCCCCOC(=O)NCC(=O)O)C(=O)O. The van der Waals surface area contributed by atoms with E-state index in [0.717, 1.165) is 25.7 Å². The standard InChI is InChI=1S/C26H40N2O8/c1-3-5-17-26(23(31)32,18-6-4-2)28-25(34)36-20-16-14-12-10-8-7-9-11-13-15-19-35-24(33)27-21-22(29)30/h3-6,11-21H2,1-2H3,(H,27,33)(H,28,34)(H,29,30)(H,31,32). The molecule has 0 bridgehead atoms. The van der Waals surface area contributed by atoms with Gasteiger partial charge in [-0.1, -0.05) is 51.4 Å². The van der Waals surface area contributed by atoms with E-state index in [1.807, 2.05) is 13.8 Å². The topological polar surface area (TPSA) is 151 Å². The van der Waals surface area contributed by atoms with Gasteiger partial charge in [0.15, 0.2) is 0 Å². The molecule has 0 rings (SSSR count). The summed E-state index contributed by atoms with van der Waals surface area (Å²) >= 11 is 0. The summed E-state index contributed by atoms with van der Waals surface area (Å²) < 4.78 is 10.0. The number of hydrogen-bond donors (Lipinski definition) is 4. The predicted octanol–water partition coefficient (Wildman–Crippen LogP) is 4.07. The Balaban J connectivity index is 4.03. The van der Waals surface area contributed by atoms with Crippen molar-refractivity contribution in [3.8, 4) is 23.7 Å². The average molecular weight is 509 g/mol. The molecule has 0 atom stereocenters. The summed E-state index contributed by atoms with van der Waals surface area (Å²) in [7, 11) is 0. The van der Waals surface area contributed by atoms with Gasteiger partial charge in [0.1, 0.15) is 12.1 Å². The number of rotatable bonds is 18. The van der Waals surface area contributed by atoms with Crippen molar-refractivity contribution in [3.05, 3.63) is 0 Å². The maximum Gasteiger partial charge on any atom is 0.408 e. The van der Waals surface area contributed by atoms with E-state index in [9.17, 15) is 24.3 Å². The van der Waals surface area contributed by atoms with Crippen molar-refractivity contribution < 1.29 is 38.9 Å². The van der Waals surface area contributed by atoms with Crippen LogP contribution in [0.4, 0.5) is 9.59 Å². The van der Waals surface area contributed by atoms with Crippen LogP contribution < -0.4 is 10.6 Å². The number of hydrogen-bond acceptors (Lipinski definition) is 6. The number of alkyl carbamates (subject to hydrolysis) is 2. The molecule has 10 nitrogen and oxygen atoms in total. The fraction of sp³-hybridized carbons (Fsp3) is 0.692. The van der Waals surface area contributed by atoms with E-state index in [-0.39, 0.29) is 13.2 Å². The molecular weight excluding hydrogens is 468 g/mol. The maximum absolute atomic E-state index is 12.2. The predicted molar refractivity (Wildman–Crippen MR) is 134 cm³/mol. The molecule has 10 heteroatoms. The van der Waals surface area contributed by atoms with Crippen LogP contribution in [0, 0.1) is 23.7 Å². The van der Waals surface area contributed by atoms with Crippen molar-refractivity contribution in [2.75, 3.05) is 19.8 Å². The molecule has 202 valence electrons. The van der Waals surface area contributed by atoms with Crippen molar-refractivity contribution in [1.29, 1.82) is 0 Å². The Morgan fingerprint density at radius 1 is 0.750 bits per heavy atom. The fourth-order valence-electron chi connectivity index (χ4n) is 3.08. The minimum Gasteiger partial charge on any atom is -0.480 e. The zero-order valence-corrected chi connectivity index (χ0v) is 21.5. The van der Waals surface area contributed by atoms with Crippen LogP contribution >= 0.6 is 0 Å². The van der Waals surface area contributed by atoms with Gasteiger partial charge in [-0.2, -0.15) is 0 Å². The first-order valence-corrected chi connectivity index (χ1v) is 12.5. The Morgan fingerprint density at radius 2 is 1.25 bits per heavy atom. The number of carbonyl (C=O) groups is 4. The van der Waals surface area contributed by atoms with Gasteiger partial charge in [-0.25, -0.2) is 14.4 Å².